The molecule has 0 spiro atoms. The summed E-state index contributed by atoms with van der Waals surface area (Å²) in [4.78, 5) is 20.5. The number of fused-ring (bicyclic) bond motifs is 1. The van der Waals surface area contributed by atoms with Crippen LogP contribution in [-0.4, -0.2) is 31.6 Å². The molecule has 0 aliphatic carbocycles. The lowest BCUT2D eigenvalue weighted by molar-refractivity contribution is 0.102. The maximum atomic E-state index is 13.1. The van der Waals surface area contributed by atoms with E-state index in [9.17, 15) is 13.2 Å². The van der Waals surface area contributed by atoms with E-state index in [2.05, 4.69) is 20.3 Å². The molecule has 1 fully saturated rings. The van der Waals surface area contributed by atoms with E-state index in [1.165, 1.54) is 16.4 Å². The fourth-order valence-corrected chi connectivity index (χ4v) is 6.24. The number of azide groups is 1. The van der Waals surface area contributed by atoms with Gasteiger partial charge in [0.05, 0.1) is 34.3 Å². The van der Waals surface area contributed by atoms with E-state index in [0.29, 0.717) is 30.0 Å². The van der Waals surface area contributed by atoms with Crippen LogP contribution in [-0.2, 0) is 16.6 Å². The van der Waals surface area contributed by atoms with Gasteiger partial charge in [0.15, 0.2) is 0 Å². The number of rotatable bonds is 6. The van der Waals surface area contributed by atoms with Crippen LogP contribution in [0.4, 0.5) is 11.4 Å². The number of anilines is 2. The zero-order chi connectivity index (χ0) is 26.0. The number of sulfonamides is 1. The van der Waals surface area contributed by atoms with Gasteiger partial charge in [0, 0.05) is 34.3 Å². The summed E-state index contributed by atoms with van der Waals surface area (Å²) in [7, 11) is -3.36. The van der Waals surface area contributed by atoms with E-state index >= 15 is 0 Å². The lowest BCUT2D eigenvalue weighted by atomic mass is 9.98. The number of carbonyl (C=O) groups is 1. The van der Waals surface area contributed by atoms with E-state index in [1.807, 2.05) is 30.3 Å². The number of carbonyl (C=O) groups excluding carboxylic acids is 1. The van der Waals surface area contributed by atoms with Gasteiger partial charge in [-0.05, 0) is 59.3 Å². The summed E-state index contributed by atoms with van der Waals surface area (Å²) in [6, 6.07) is 19.6. The standard InChI is InChI=1S/C26H21ClN6O3S/c27-24-15-20(33-12-3-13-37(33,35)36)8-9-22(24)26(34)31-19-7-6-18(16-30-32-28)23(14-19)25-21-5-2-1-4-17(21)10-11-29-25/h1-2,4-11,14-15H,3,12-13,16H2,(H,31,34). The number of nitrogens with zero attached hydrogens (tertiary/aromatic N) is 5. The second-order valence-electron chi connectivity index (χ2n) is 8.50. The fraction of sp³-hybridized carbons (Fsp3) is 0.154. The number of benzene rings is 3. The minimum Gasteiger partial charge on any atom is -0.322 e. The van der Waals surface area contributed by atoms with Crippen LogP contribution in [0.3, 0.4) is 0 Å². The van der Waals surface area contributed by atoms with E-state index in [1.54, 1.807) is 30.5 Å². The minimum atomic E-state index is -3.36. The van der Waals surface area contributed by atoms with E-state index in [4.69, 9.17) is 17.1 Å². The van der Waals surface area contributed by atoms with Crippen LogP contribution < -0.4 is 9.62 Å². The highest BCUT2D eigenvalue weighted by molar-refractivity contribution is 7.93. The van der Waals surface area contributed by atoms with Gasteiger partial charge < -0.3 is 5.32 Å². The molecule has 1 aliphatic heterocycles. The lowest BCUT2D eigenvalue weighted by Gasteiger charge is -2.18. The van der Waals surface area contributed by atoms with Crippen molar-refractivity contribution in [1.29, 1.82) is 0 Å². The van der Waals surface area contributed by atoms with E-state index < -0.39 is 15.9 Å². The first-order valence-electron chi connectivity index (χ1n) is 11.5. The Hall–Kier alpha value is -4.11. The van der Waals surface area contributed by atoms with Gasteiger partial charge in [-0.1, -0.05) is 47.0 Å². The predicted octanol–water partition coefficient (Wildman–Crippen LogP) is 6.16. The molecule has 2 heterocycles. The van der Waals surface area contributed by atoms with Gasteiger partial charge in [-0.25, -0.2) is 8.42 Å². The third kappa shape index (κ3) is 4.95. The van der Waals surface area contributed by atoms with Crippen LogP contribution in [0, 0.1) is 0 Å². The Labute approximate surface area is 218 Å². The molecule has 5 rings (SSSR count). The highest BCUT2D eigenvalue weighted by Gasteiger charge is 2.29. The van der Waals surface area contributed by atoms with Crippen LogP contribution in [0.25, 0.3) is 32.5 Å². The van der Waals surface area contributed by atoms with Crippen molar-refractivity contribution in [3.63, 3.8) is 0 Å². The molecule has 1 aromatic heterocycles. The van der Waals surface area contributed by atoms with Gasteiger partial charge in [0.2, 0.25) is 10.0 Å². The van der Waals surface area contributed by atoms with Crippen LogP contribution in [0.15, 0.2) is 78.0 Å². The average Bonchev–Trinajstić information content (AvgIpc) is 3.26. The molecule has 37 heavy (non-hydrogen) atoms. The quantitative estimate of drug-likeness (QED) is 0.181. The summed E-state index contributed by atoms with van der Waals surface area (Å²) < 4.78 is 25.8. The zero-order valence-corrected chi connectivity index (χ0v) is 21.1. The molecule has 9 nitrogen and oxygen atoms in total. The van der Waals surface area contributed by atoms with Gasteiger partial charge >= 0.3 is 0 Å². The topological polar surface area (TPSA) is 128 Å². The maximum Gasteiger partial charge on any atom is 0.257 e. The summed E-state index contributed by atoms with van der Waals surface area (Å²) in [6.07, 6.45) is 2.26. The molecular formula is C26H21ClN6O3S. The molecule has 0 bridgehead atoms. The van der Waals surface area contributed by atoms with Crippen molar-refractivity contribution < 1.29 is 13.2 Å². The summed E-state index contributed by atoms with van der Waals surface area (Å²) in [5.41, 5.74) is 12.2. The molecule has 3 aromatic carbocycles. The molecule has 0 saturated carbocycles. The lowest BCUT2D eigenvalue weighted by Crippen LogP contribution is -2.25. The number of nitrogens with one attached hydrogen (secondary N) is 1. The molecule has 1 N–H and O–H groups in total. The Bertz CT molecular complexity index is 1680. The largest absolute Gasteiger partial charge is 0.322 e. The minimum absolute atomic E-state index is 0.0937. The second kappa shape index (κ2) is 10.1. The SMILES string of the molecule is [N-]=[N+]=NCc1ccc(NC(=O)c2ccc(N3CCCS3(=O)=O)cc2Cl)cc1-c1nccc2ccccc12. The van der Waals surface area contributed by atoms with Crippen molar-refractivity contribution in [2.24, 2.45) is 5.11 Å². The first kappa shape index (κ1) is 24.6. The molecule has 1 aliphatic rings. The van der Waals surface area contributed by atoms with Crippen molar-refractivity contribution in [2.75, 3.05) is 21.9 Å². The first-order chi connectivity index (χ1) is 17.9. The number of hydrogen-bond acceptors (Lipinski definition) is 5. The van der Waals surface area contributed by atoms with Crippen molar-refractivity contribution in [3.8, 4) is 11.3 Å². The molecular weight excluding hydrogens is 512 g/mol. The zero-order valence-electron chi connectivity index (χ0n) is 19.5. The van der Waals surface area contributed by atoms with E-state index in [0.717, 1.165) is 21.9 Å². The first-order valence-corrected chi connectivity index (χ1v) is 13.5. The normalized spacial score (nSPS) is 14.4. The highest BCUT2D eigenvalue weighted by Crippen LogP contribution is 2.33. The summed E-state index contributed by atoms with van der Waals surface area (Å²) in [5.74, 6) is -0.350. The number of halogens is 1. The van der Waals surface area contributed by atoms with Gasteiger partial charge in [0.1, 0.15) is 0 Å². The van der Waals surface area contributed by atoms with Gasteiger partial charge in [-0.2, -0.15) is 0 Å². The van der Waals surface area contributed by atoms with E-state index in [-0.39, 0.29) is 22.9 Å². The molecule has 11 heteroatoms. The molecule has 4 aromatic rings. The maximum absolute atomic E-state index is 13.1. The summed E-state index contributed by atoms with van der Waals surface area (Å²) in [5, 5.41) is 8.64. The average molecular weight is 533 g/mol. The Morgan fingerprint density at radius 3 is 2.73 bits per heavy atom. The van der Waals surface area contributed by atoms with Crippen molar-refractivity contribution in [3.05, 3.63) is 99.5 Å². The van der Waals surface area contributed by atoms with Gasteiger partial charge in [-0.15, -0.1) is 0 Å². The Morgan fingerprint density at radius 1 is 1.14 bits per heavy atom. The van der Waals surface area contributed by atoms with Crippen molar-refractivity contribution in [1.82, 2.24) is 4.98 Å². The Balaban J connectivity index is 1.48. The van der Waals surface area contributed by atoms with Crippen molar-refractivity contribution >= 4 is 49.7 Å². The Morgan fingerprint density at radius 2 is 1.97 bits per heavy atom. The number of pyridine rings is 1. The summed E-state index contributed by atoms with van der Waals surface area (Å²) in [6.45, 7) is 0.509. The molecule has 186 valence electrons. The number of hydrogen-bond donors (Lipinski definition) is 1. The van der Waals surface area contributed by atoms with Crippen LogP contribution in [0.5, 0.6) is 0 Å². The molecule has 0 unspecified atom stereocenters. The number of aromatic nitrogens is 1. The molecule has 0 atom stereocenters. The predicted molar refractivity (Wildman–Crippen MR) is 145 cm³/mol. The van der Waals surface area contributed by atoms with Crippen LogP contribution >= 0.6 is 11.6 Å². The third-order valence-corrected chi connectivity index (χ3v) is 8.37. The fourth-order valence-electron chi connectivity index (χ4n) is 4.43. The second-order valence-corrected chi connectivity index (χ2v) is 10.9. The van der Waals surface area contributed by atoms with Gasteiger partial charge in [0.25, 0.3) is 5.91 Å². The number of amides is 1. The highest BCUT2D eigenvalue weighted by atomic mass is 35.5. The van der Waals surface area contributed by atoms with Crippen LogP contribution in [0.1, 0.15) is 22.3 Å². The molecule has 0 radical (unpaired) electrons. The third-order valence-electron chi connectivity index (χ3n) is 6.19. The molecule has 1 saturated heterocycles. The van der Waals surface area contributed by atoms with Crippen LogP contribution in [0.2, 0.25) is 5.02 Å². The smallest absolute Gasteiger partial charge is 0.257 e. The Kier molecular flexibility index (Phi) is 6.71. The van der Waals surface area contributed by atoms with Crippen molar-refractivity contribution in [2.45, 2.75) is 13.0 Å². The summed E-state index contributed by atoms with van der Waals surface area (Å²) >= 11 is 6.40. The van der Waals surface area contributed by atoms with Gasteiger partial charge in [-0.3, -0.25) is 14.1 Å². The molecule has 1 amide bonds. The monoisotopic (exact) mass is 532 g/mol.